The molecule has 1 saturated carbocycles. The van der Waals surface area contributed by atoms with Gasteiger partial charge in [-0.2, -0.15) is 0 Å². The zero-order valence-electron chi connectivity index (χ0n) is 12.9. The number of halogens is 2. The van der Waals surface area contributed by atoms with Gasteiger partial charge in [0.25, 0.3) is 0 Å². The molecule has 20 heavy (non-hydrogen) atoms. The molecule has 0 spiro atoms. The van der Waals surface area contributed by atoms with Gasteiger partial charge in [-0.3, -0.25) is 4.79 Å². The Kier molecular flexibility index (Phi) is 6.15. The van der Waals surface area contributed by atoms with Crippen molar-refractivity contribution in [1.29, 1.82) is 0 Å². The number of alkyl halides is 2. The Balaban J connectivity index is 2.80. The van der Waals surface area contributed by atoms with Crippen molar-refractivity contribution < 1.29 is 9.53 Å². The van der Waals surface area contributed by atoms with Gasteiger partial charge in [-0.25, -0.2) is 0 Å². The Morgan fingerprint density at radius 3 is 2.45 bits per heavy atom. The van der Waals surface area contributed by atoms with Crippen LogP contribution in [0.3, 0.4) is 0 Å². The summed E-state index contributed by atoms with van der Waals surface area (Å²) in [6.07, 6.45) is 4.48. The highest BCUT2D eigenvalue weighted by Gasteiger charge is 2.58. The third-order valence-electron chi connectivity index (χ3n) is 3.88. The number of ether oxygens (including phenoxy) is 1. The molecule has 0 amide bonds. The minimum absolute atomic E-state index is 0.192. The third-order valence-corrected chi connectivity index (χ3v) is 4.13. The number of hydrogen-bond donors (Lipinski definition) is 0. The first kappa shape index (κ1) is 17.6. The average Bonchev–Trinajstić information content (AvgIpc) is 2.86. The largest absolute Gasteiger partial charge is 0.431 e. The molecule has 1 rings (SSSR count). The summed E-state index contributed by atoms with van der Waals surface area (Å²) in [6, 6.07) is 0. The number of carbonyl (C=O) groups is 1. The van der Waals surface area contributed by atoms with Gasteiger partial charge in [0.15, 0.2) is 0 Å². The molecule has 1 atom stereocenters. The first-order valence-corrected chi connectivity index (χ1v) is 8.03. The molecule has 1 fully saturated rings. The van der Waals surface area contributed by atoms with Gasteiger partial charge in [0.2, 0.25) is 0 Å². The molecular weight excluding hydrogens is 295 g/mol. The normalized spacial score (nSPS) is 23.8. The van der Waals surface area contributed by atoms with Gasteiger partial charge in [-0.1, -0.05) is 40.2 Å². The van der Waals surface area contributed by atoms with E-state index in [0.29, 0.717) is 0 Å². The lowest BCUT2D eigenvalue weighted by Gasteiger charge is -2.11. The molecule has 4 heteroatoms. The predicted octanol–water partition coefficient (Wildman–Crippen LogP) is 5.40. The van der Waals surface area contributed by atoms with Crippen LogP contribution in [0.25, 0.3) is 0 Å². The monoisotopic (exact) mass is 318 g/mol. The molecule has 1 aliphatic carbocycles. The van der Waals surface area contributed by atoms with E-state index >= 15 is 0 Å². The number of allylic oxidation sites excluding steroid dienone is 3. The Hall–Kier alpha value is -0.470. The Bertz CT molecular complexity index is 434. The standard InChI is InChI=1S/C16H24Cl2O2/c1-6-8-10(3)12(7-2)20-15(19)14-11(9-13(17)18)16(14,4)5/h9,13-14H,6-8H2,1-5H3. The number of esters is 1. The summed E-state index contributed by atoms with van der Waals surface area (Å²) in [5, 5.41) is 0. The van der Waals surface area contributed by atoms with E-state index < -0.39 is 4.84 Å². The highest BCUT2D eigenvalue weighted by Crippen LogP contribution is 2.59. The fourth-order valence-electron chi connectivity index (χ4n) is 2.60. The van der Waals surface area contributed by atoms with Gasteiger partial charge < -0.3 is 4.74 Å². The van der Waals surface area contributed by atoms with Crippen molar-refractivity contribution in [2.45, 2.75) is 58.7 Å². The van der Waals surface area contributed by atoms with Gasteiger partial charge >= 0.3 is 5.97 Å². The maximum absolute atomic E-state index is 12.3. The van der Waals surface area contributed by atoms with E-state index in [1.54, 1.807) is 6.08 Å². The summed E-state index contributed by atoms with van der Waals surface area (Å²) in [5.74, 6) is 0.383. The van der Waals surface area contributed by atoms with Gasteiger partial charge in [0, 0.05) is 11.8 Å². The van der Waals surface area contributed by atoms with Crippen LogP contribution in [0.4, 0.5) is 0 Å². The van der Waals surface area contributed by atoms with Gasteiger partial charge in [0.05, 0.1) is 5.92 Å². The minimum atomic E-state index is -0.579. The predicted molar refractivity (Wildman–Crippen MR) is 84.8 cm³/mol. The highest BCUT2D eigenvalue weighted by molar-refractivity contribution is 6.45. The molecule has 0 N–H and O–H groups in total. The second-order valence-corrected chi connectivity index (χ2v) is 7.00. The van der Waals surface area contributed by atoms with Crippen LogP contribution < -0.4 is 0 Å². The molecule has 0 bridgehead atoms. The van der Waals surface area contributed by atoms with Crippen LogP contribution >= 0.6 is 23.2 Å². The molecule has 2 nitrogen and oxygen atoms in total. The molecule has 0 radical (unpaired) electrons. The number of carbonyl (C=O) groups excluding carboxylic acids is 1. The summed E-state index contributed by atoms with van der Waals surface area (Å²) < 4.78 is 5.60. The van der Waals surface area contributed by atoms with Crippen molar-refractivity contribution in [2.75, 3.05) is 0 Å². The maximum atomic E-state index is 12.3. The summed E-state index contributed by atoms with van der Waals surface area (Å²) in [6.45, 7) is 10.2. The smallest absolute Gasteiger partial charge is 0.319 e. The lowest BCUT2D eigenvalue weighted by Crippen LogP contribution is -2.11. The molecule has 1 unspecified atom stereocenters. The van der Waals surface area contributed by atoms with Crippen molar-refractivity contribution in [3.8, 4) is 0 Å². The summed E-state index contributed by atoms with van der Waals surface area (Å²) >= 11 is 11.5. The maximum Gasteiger partial charge on any atom is 0.319 e. The lowest BCUT2D eigenvalue weighted by atomic mass is 10.1. The van der Waals surface area contributed by atoms with E-state index in [9.17, 15) is 4.79 Å². The van der Waals surface area contributed by atoms with Crippen LogP contribution in [0, 0.1) is 11.3 Å². The van der Waals surface area contributed by atoms with Gasteiger partial charge in [-0.05, 0) is 24.5 Å². The van der Waals surface area contributed by atoms with E-state index in [-0.39, 0.29) is 17.3 Å². The molecule has 0 aromatic rings. The average molecular weight is 319 g/mol. The fraction of sp³-hybridized carbons (Fsp3) is 0.688. The second kappa shape index (κ2) is 7.00. The minimum Gasteiger partial charge on any atom is -0.431 e. The van der Waals surface area contributed by atoms with E-state index in [1.807, 2.05) is 27.7 Å². The molecular formula is C16H24Cl2O2. The van der Waals surface area contributed by atoms with E-state index in [0.717, 1.165) is 36.2 Å². The first-order chi connectivity index (χ1) is 9.25. The summed E-state index contributed by atoms with van der Waals surface area (Å²) in [4.78, 5) is 11.7. The molecule has 0 saturated heterocycles. The van der Waals surface area contributed by atoms with Crippen LogP contribution in [0.15, 0.2) is 23.0 Å². The van der Waals surface area contributed by atoms with Crippen molar-refractivity contribution >= 4 is 29.2 Å². The molecule has 0 aromatic carbocycles. The van der Waals surface area contributed by atoms with Crippen LogP contribution in [0.5, 0.6) is 0 Å². The molecule has 114 valence electrons. The highest BCUT2D eigenvalue weighted by atomic mass is 35.5. The van der Waals surface area contributed by atoms with Crippen LogP contribution in [0.1, 0.15) is 53.9 Å². The van der Waals surface area contributed by atoms with E-state index in [1.165, 1.54) is 0 Å². The number of rotatable bonds is 6. The molecule has 0 aliphatic heterocycles. The zero-order valence-corrected chi connectivity index (χ0v) is 14.4. The lowest BCUT2D eigenvalue weighted by molar-refractivity contribution is -0.141. The fourth-order valence-corrected chi connectivity index (χ4v) is 2.88. The van der Waals surface area contributed by atoms with Crippen LogP contribution in [0.2, 0.25) is 0 Å². The van der Waals surface area contributed by atoms with Gasteiger partial charge in [0.1, 0.15) is 10.6 Å². The zero-order chi connectivity index (χ0) is 15.5. The molecule has 1 aliphatic rings. The Morgan fingerprint density at radius 2 is 2.00 bits per heavy atom. The van der Waals surface area contributed by atoms with Gasteiger partial charge in [-0.15, -0.1) is 23.2 Å². The van der Waals surface area contributed by atoms with Crippen molar-refractivity contribution in [3.63, 3.8) is 0 Å². The van der Waals surface area contributed by atoms with E-state index in [2.05, 4.69) is 6.92 Å². The summed E-state index contributed by atoms with van der Waals surface area (Å²) in [5.41, 5.74) is 1.93. The second-order valence-electron chi connectivity index (χ2n) is 5.84. The Morgan fingerprint density at radius 1 is 1.40 bits per heavy atom. The SMILES string of the molecule is CCCC(C)=C(CC)OC(=O)C1C(=CC(Cl)Cl)C1(C)C. The Labute approximate surface area is 132 Å². The third kappa shape index (κ3) is 4.02. The van der Waals surface area contributed by atoms with Crippen molar-refractivity contribution in [1.82, 2.24) is 0 Å². The van der Waals surface area contributed by atoms with Crippen molar-refractivity contribution in [3.05, 3.63) is 23.0 Å². The number of hydrogen-bond acceptors (Lipinski definition) is 2. The summed E-state index contributed by atoms with van der Waals surface area (Å²) in [7, 11) is 0. The quantitative estimate of drug-likeness (QED) is 0.283. The van der Waals surface area contributed by atoms with Crippen LogP contribution in [-0.2, 0) is 9.53 Å². The first-order valence-electron chi connectivity index (χ1n) is 7.16. The topological polar surface area (TPSA) is 26.3 Å². The molecule has 0 heterocycles. The molecule has 0 aromatic heterocycles. The van der Waals surface area contributed by atoms with E-state index in [4.69, 9.17) is 27.9 Å². The van der Waals surface area contributed by atoms with Crippen molar-refractivity contribution in [2.24, 2.45) is 11.3 Å². The van der Waals surface area contributed by atoms with Crippen LogP contribution in [-0.4, -0.2) is 10.8 Å².